The first-order valence-corrected chi connectivity index (χ1v) is 8.27. The first-order valence-electron chi connectivity index (χ1n) is 6.35. The number of alkyl halides is 1. The van der Waals surface area contributed by atoms with Crippen LogP contribution in [0, 0.1) is 6.92 Å². The fourth-order valence-corrected chi connectivity index (χ4v) is 2.86. The van der Waals surface area contributed by atoms with Crippen molar-refractivity contribution in [2.24, 2.45) is 0 Å². The third-order valence-corrected chi connectivity index (χ3v) is 4.56. The Labute approximate surface area is 120 Å². The fraction of sp³-hybridized carbons (Fsp3) is 0.538. The second-order valence-electron chi connectivity index (χ2n) is 4.47. The predicted octanol–water partition coefficient (Wildman–Crippen LogP) is 2.81. The summed E-state index contributed by atoms with van der Waals surface area (Å²) in [6.45, 7) is 6.47. The van der Waals surface area contributed by atoms with Crippen molar-refractivity contribution in [1.29, 1.82) is 0 Å². The van der Waals surface area contributed by atoms with Gasteiger partial charge in [-0.2, -0.15) is 0 Å². The van der Waals surface area contributed by atoms with E-state index in [2.05, 4.69) is 9.97 Å². The van der Waals surface area contributed by atoms with Gasteiger partial charge in [0.15, 0.2) is 5.65 Å². The summed E-state index contributed by atoms with van der Waals surface area (Å²) in [6, 6.07) is 1.94. The van der Waals surface area contributed by atoms with E-state index in [1.165, 1.54) is 0 Å². The number of hydrogen-bond acceptors (Lipinski definition) is 3. The number of nitrogens with zero attached hydrogens (tertiary/aromatic N) is 3. The van der Waals surface area contributed by atoms with Crippen LogP contribution in [-0.2, 0) is 17.3 Å². The molecule has 104 valence electrons. The lowest BCUT2D eigenvalue weighted by molar-refractivity contribution is 0.668. The third-order valence-electron chi connectivity index (χ3n) is 3.09. The summed E-state index contributed by atoms with van der Waals surface area (Å²) in [5.41, 5.74) is 2.79. The summed E-state index contributed by atoms with van der Waals surface area (Å²) in [5.74, 6) is 2.07. The van der Waals surface area contributed by atoms with E-state index in [-0.39, 0.29) is 5.38 Å². The molecule has 0 aromatic carbocycles. The summed E-state index contributed by atoms with van der Waals surface area (Å²) in [4.78, 5) is 8.98. The molecule has 0 aliphatic carbocycles. The van der Waals surface area contributed by atoms with Gasteiger partial charge in [0.25, 0.3) is 0 Å². The van der Waals surface area contributed by atoms with E-state index in [1.807, 2.05) is 31.4 Å². The molecule has 6 heteroatoms. The van der Waals surface area contributed by atoms with Crippen molar-refractivity contribution in [3.05, 3.63) is 23.7 Å². The molecule has 0 saturated heterocycles. The predicted molar refractivity (Wildman–Crippen MR) is 80.1 cm³/mol. The Bertz CT molecular complexity index is 609. The second kappa shape index (κ2) is 6.01. The largest absolute Gasteiger partial charge is 0.311 e. The molecule has 2 heterocycles. The zero-order valence-corrected chi connectivity index (χ0v) is 13.0. The molecule has 0 N–H and O–H groups in total. The molecule has 2 rings (SSSR count). The van der Waals surface area contributed by atoms with Crippen LogP contribution >= 0.6 is 11.6 Å². The number of fused-ring (bicyclic) bond motifs is 1. The summed E-state index contributed by atoms with van der Waals surface area (Å²) in [7, 11) is -0.801. The average Bonchev–Trinajstić information content (AvgIpc) is 2.76. The molecule has 4 nitrogen and oxygen atoms in total. The average molecular weight is 300 g/mol. The molecule has 2 atom stereocenters. The maximum atomic E-state index is 11.6. The zero-order valence-electron chi connectivity index (χ0n) is 11.4. The van der Waals surface area contributed by atoms with Crippen LogP contribution in [-0.4, -0.2) is 30.2 Å². The molecule has 0 radical (unpaired) electrons. The number of hydrogen-bond donors (Lipinski definition) is 0. The van der Waals surface area contributed by atoms with Gasteiger partial charge in [-0.1, -0.05) is 6.92 Å². The van der Waals surface area contributed by atoms with Crippen LogP contribution in [0.4, 0.5) is 0 Å². The van der Waals surface area contributed by atoms with E-state index in [9.17, 15) is 4.21 Å². The van der Waals surface area contributed by atoms with E-state index in [0.29, 0.717) is 18.1 Å². The van der Waals surface area contributed by atoms with Crippen LogP contribution in [0.5, 0.6) is 0 Å². The Morgan fingerprint density at radius 2 is 2.26 bits per heavy atom. The highest BCUT2D eigenvalue weighted by Crippen LogP contribution is 2.24. The van der Waals surface area contributed by atoms with Gasteiger partial charge in [0, 0.05) is 35.0 Å². The van der Waals surface area contributed by atoms with Crippen molar-refractivity contribution in [2.75, 3.05) is 11.5 Å². The molecular weight excluding hydrogens is 282 g/mol. The molecule has 2 aromatic heterocycles. The molecule has 0 saturated carbocycles. The van der Waals surface area contributed by atoms with Gasteiger partial charge >= 0.3 is 0 Å². The van der Waals surface area contributed by atoms with Crippen LogP contribution in [0.25, 0.3) is 11.2 Å². The van der Waals surface area contributed by atoms with Gasteiger partial charge < -0.3 is 4.57 Å². The molecule has 0 amide bonds. The first kappa shape index (κ1) is 14.5. The molecule has 0 spiro atoms. The summed E-state index contributed by atoms with van der Waals surface area (Å²) >= 11 is 6.19. The van der Waals surface area contributed by atoms with Gasteiger partial charge in [-0.15, -0.1) is 11.6 Å². The molecule has 19 heavy (non-hydrogen) atoms. The Morgan fingerprint density at radius 1 is 1.53 bits per heavy atom. The van der Waals surface area contributed by atoms with Crippen LogP contribution in [0.15, 0.2) is 12.3 Å². The van der Waals surface area contributed by atoms with Crippen LogP contribution in [0.1, 0.15) is 30.6 Å². The van der Waals surface area contributed by atoms with E-state index in [0.717, 1.165) is 22.6 Å². The van der Waals surface area contributed by atoms with Crippen molar-refractivity contribution in [3.63, 3.8) is 0 Å². The Balaban J connectivity index is 2.46. The molecule has 0 fully saturated rings. The van der Waals surface area contributed by atoms with Crippen molar-refractivity contribution >= 4 is 33.6 Å². The minimum Gasteiger partial charge on any atom is -0.311 e. The standard InChI is InChI=1S/C13H18ClN3OS/c1-4-19(18)8-7-17-12(10(3)14)16-11-9(2)5-6-15-13(11)17/h5-6,10H,4,7-8H2,1-3H3. The Hall–Kier alpha value is -0.940. The highest BCUT2D eigenvalue weighted by molar-refractivity contribution is 7.84. The lowest BCUT2D eigenvalue weighted by Crippen LogP contribution is -2.12. The highest BCUT2D eigenvalue weighted by atomic mass is 35.5. The molecule has 2 aromatic rings. The first-order chi connectivity index (χ1) is 9.04. The van der Waals surface area contributed by atoms with Crippen LogP contribution in [0.2, 0.25) is 0 Å². The van der Waals surface area contributed by atoms with Gasteiger partial charge in [0.2, 0.25) is 0 Å². The smallest absolute Gasteiger partial charge is 0.160 e. The maximum absolute atomic E-state index is 11.6. The van der Waals surface area contributed by atoms with Crippen molar-refractivity contribution in [1.82, 2.24) is 14.5 Å². The summed E-state index contributed by atoms with van der Waals surface area (Å²) < 4.78 is 13.6. The van der Waals surface area contributed by atoms with E-state index in [1.54, 1.807) is 6.20 Å². The molecule has 0 bridgehead atoms. The quantitative estimate of drug-likeness (QED) is 0.798. The van der Waals surface area contributed by atoms with Gasteiger partial charge in [0.05, 0.1) is 5.38 Å². The number of halogens is 1. The topological polar surface area (TPSA) is 47.8 Å². The zero-order chi connectivity index (χ0) is 14.0. The van der Waals surface area contributed by atoms with Gasteiger partial charge in [0.1, 0.15) is 11.3 Å². The molecule has 2 unspecified atom stereocenters. The lowest BCUT2D eigenvalue weighted by Gasteiger charge is -2.09. The molecule has 0 aliphatic rings. The minimum absolute atomic E-state index is 0.191. The van der Waals surface area contributed by atoms with Gasteiger partial charge in [-0.25, -0.2) is 9.97 Å². The number of imidazole rings is 1. The Kier molecular flexibility index (Phi) is 4.58. The lowest BCUT2D eigenvalue weighted by atomic mass is 10.3. The van der Waals surface area contributed by atoms with Crippen molar-refractivity contribution < 1.29 is 4.21 Å². The summed E-state index contributed by atoms with van der Waals surface area (Å²) in [6.07, 6.45) is 1.77. The monoisotopic (exact) mass is 299 g/mol. The second-order valence-corrected chi connectivity index (χ2v) is 6.99. The minimum atomic E-state index is -0.801. The van der Waals surface area contributed by atoms with Gasteiger partial charge in [-0.3, -0.25) is 4.21 Å². The van der Waals surface area contributed by atoms with E-state index in [4.69, 9.17) is 11.6 Å². The maximum Gasteiger partial charge on any atom is 0.160 e. The van der Waals surface area contributed by atoms with Gasteiger partial charge in [-0.05, 0) is 25.5 Å². The number of aromatic nitrogens is 3. The van der Waals surface area contributed by atoms with Crippen LogP contribution in [0.3, 0.4) is 0 Å². The SMILES string of the molecule is CCS(=O)CCn1c(C(C)Cl)nc2c(C)ccnc21. The van der Waals surface area contributed by atoms with E-state index < -0.39 is 10.8 Å². The number of pyridine rings is 1. The third kappa shape index (κ3) is 2.98. The van der Waals surface area contributed by atoms with Crippen LogP contribution < -0.4 is 0 Å². The highest BCUT2D eigenvalue weighted by Gasteiger charge is 2.17. The van der Waals surface area contributed by atoms with E-state index >= 15 is 0 Å². The fourth-order valence-electron chi connectivity index (χ4n) is 2.02. The normalized spacial score (nSPS) is 14.7. The molecule has 0 aliphatic heterocycles. The molecular formula is C13H18ClN3OS. The number of rotatable bonds is 5. The summed E-state index contributed by atoms with van der Waals surface area (Å²) in [5, 5.41) is -0.191. The van der Waals surface area contributed by atoms with Crippen molar-refractivity contribution in [3.8, 4) is 0 Å². The van der Waals surface area contributed by atoms with Crippen molar-refractivity contribution in [2.45, 2.75) is 32.7 Å². The number of aryl methyl sites for hydroxylation is 2. The Morgan fingerprint density at radius 3 is 2.89 bits per heavy atom.